The van der Waals surface area contributed by atoms with E-state index < -0.39 is 34.3 Å². The molecule has 0 saturated carbocycles. The fraction of sp³-hybridized carbons (Fsp3) is 0.0833. The molecule has 0 radical (unpaired) electrons. The van der Waals surface area contributed by atoms with E-state index in [-0.39, 0.29) is 12.0 Å². The van der Waals surface area contributed by atoms with Gasteiger partial charge in [0.15, 0.2) is 0 Å². The molecule has 0 heterocycles. The molecule has 0 saturated heterocycles. The van der Waals surface area contributed by atoms with Crippen molar-refractivity contribution in [1.82, 2.24) is 5.32 Å². The molecule has 0 aliphatic carbocycles. The summed E-state index contributed by atoms with van der Waals surface area (Å²) in [5, 5.41) is 26.2. The number of benzene rings is 4. The molecule has 4 aromatic carbocycles. The average molecular weight is 432 g/mol. The van der Waals surface area contributed by atoms with Gasteiger partial charge in [-0.1, -0.05) is 54.6 Å². The van der Waals surface area contributed by atoms with E-state index in [1.807, 2.05) is 30.3 Å². The molecule has 1 amide bonds. The Kier molecular flexibility index (Phi) is 5.51. The molecule has 0 aromatic heterocycles. The second kappa shape index (κ2) is 8.43. The summed E-state index contributed by atoms with van der Waals surface area (Å²) in [7, 11) is 0. The van der Waals surface area contributed by atoms with Gasteiger partial charge in [-0.25, -0.2) is 4.79 Å². The summed E-state index contributed by atoms with van der Waals surface area (Å²) in [6, 6.07) is 18.3. The molecule has 0 aliphatic rings. The molecular weight excluding hydrogens is 415 g/mol. The van der Waals surface area contributed by atoms with Crippen LogP contribution in [0.3, 0.4) is 0 Å². The minimum Gasteiger partial charge on any atom is -0.480 e. The van der Waals surface area contributed by atoms with Crippen LogP contribution in [0.5, 0.6) is 0 Å². The molecule has 2 N–H and O–H groups in total. The first-order valence-corrected chi connectivity index (χ1v) is 9.72. The fourth-order valence-electron chi connectivity index (χ4n) is 3.75. The van der Waals surface area contributed by atoms with Crippen LogP contribution in [0.4, 0.5) is 10.1 Å². The molecule has 0 bridgehead atoms. The van der Waals surface area contributed by atoms with Crippen LogP contribution in [0, 0.1) is 15.9 Å². The number of halogens is 1. The topological polar surface area (TPSA) is 110 Å². The maximum Gasteiger partial charge on any atom is 0.326 e. The average Bonchev–Trinajstić information content (AvgIpc) is 2.77. The Labute approximate surface area is 181 Å². The maximum absolute atomic E-state index is 13.6. The highest BCUT2D eigenvalue weighted by molar-refractivity contribution is 6.18. The SMILES string of the molecule is O=C(N[C@@H](Cc1ccc(F)c([N+](=O)[O-])c1)C(=O)O)c1c2ccccc2cc2ccccc12. The van der Waals surface area contributed by atoms with Gasteiger partial charge in [0.1, 0.15) is 6.04 Å². The molecule has 160 valence electrons. The molecule has 32 heavy (non-hydrogen) atoms. The summed E-state index contributed by atoms with van der Waals surface area (Å²) in [5.41, 5.74) is -0.193. The molecule has 0 fully saturated rings. The third-order valence-corrected chi connectivity index (χ3v) is 5.25. The lowest BCUT2D eigenvalue weighted by Crippen LogP contribution is -2.42. The van der Waals surface area contributed by atoms with Gasteiger partial charge in [0.25, 0.3) is 5.91 Å². The zero-order chi connectivity index (χ0) is 22.8. The Morgan fingerprint density at radius 2 is 1.56 bits per heavy atom. The Morgan fingerprint density at radius 1 is 0.969 bits per heavy atom. The summed E-state index contributed by atoms with van der Waals surface area (Å²) < 4.78 is 13.6. The number of fused-ring (bicyclic) bond motifs is 2. The van der Waals surface area contributed by atoms with E-state index in [0.717, 1.165) is 22.9 Å². The maximum atomic E-state index is 13.6. The van der Waals surface area contributed by atoms with Gasteiger partial charge in [-0.2, -0.15) is 4.39 Å². The van der Waals surface area contributed by atoms with Crippen molar-refractivity contribution in [2.75, 3.05) is 0 Å². The largest absolute Gasteiger partial charge is 0.480 e. The lowest BCUT2D eigenvalue weighted by molar-refractivity contribution is -0.387. The number of carboxylic acid groups (broad SMARTS) is 1. The number of nitrogens with zero attached hydrogens (tertiary/aromatic N) is 1. The molecule has 8 heteroatoms. The monoisotopic (exact) mass is 432 g/mol. The van der Waals surface area contributed by atoms with E-state index in [1.54, 1.807) is 24.3 Å². The number of nitro benzene ring substituents is 1. The predicted molar refractivity (Wildman–Crippen MR) is 117 cm³/mol. The van der Waals surface area contributed by atoms with Crippen LogP contribution in [-0.4, -0.2) is 27.9 Å². The highest BCUT2D eigenvalue weighted by Gasteiger charge is 2.25. The van der Waals surface area contributed by atoms with Gasteiger partial charge < -0.3 is 10.4 Å². The molecular formula is C24H17FN2O5. The molecule has 4 aromatic rings. The highest BCUT2D eigenvalue weighted by Crippen LogP contribution is 2.28. The van der Waals surface area contributed by atoms with Crippen molar-refractivity contribution in [1.29, 1.82) is 0 Å². The predicted octanol–water partition coefficient (Wildman–Crippen LogP) is 4.47. The summed E-state index contributed by atoms with van der Waals surface area (Å²) in [6.07, 6.45) is -0.245. The standard InChI is InChI=1S/C24H17FN2O5/c25-19-10-9-14(12-21(19)27(31)32)11-20(24(29)30)26-23(28)22-17-7-3-1-5-15(17)13-16-6-2-4-8-18(16)22/h1-10,12-13,20H,11H2,(H,26,28)(H,29,30)/t20-/m0/s1. The number of nitrogens with one attached hydrogen (secondary N) is 1. The number of carbonyl (C=O) groups excluding carboxylic acids is 1. The third kappa shape index (κ3) is 3.98. The van der Waals surface area contributed by atoms with Gasteiger partial charge in [0, 0.05) is 12.5 Å². The lowest BCUT2D eigenvalue weighted by Gasteiger charge is -2.17. The minimum absolute atomic E-state index is 0.216. The number of carbonyl (C=O) groups is 2. The Hall–Kier alpha value is -4.33. The van der Waals surface area contributed by atoms with E-state index in [4.69, 9.17) is 0 Å². The Balaban J connectivity index is 1.71. The van der Waals surface area contributed by atoms with Crippen molar-refractivity contribution >= 4 is 39.1 Å². The molecule has 1 atom stereocenters. The highest BCUT2D eigenvalue weighted by atomic mass is 19.1. The fourth-order valence-corrected chi connectivity index (χ4v) is 3.75. The van der Waals surface area contributed by atoms with E-state index in [2.05, 4.69) is 5.32 Å². The van der Waals surface area contributed by atoms with Crippen LogP contribution in [-0.2, 0) is 11.2 Å². The first-order chi connectivity index (χ1) is 15.3. The Morgan fingerprint density at radius 3 is 2.12 bits per heavy atom. The van der Waals surface area contributed by atoms with Gasteiger partial charge in [-0.05, 0) is 39.2 Å². The number of hydrogen-bond acceptors (Lipinski definition) is 4. The quantitative estimate of drug-likeness (QED) is 0.265. The van der Waals surface area contributed by atoms with Crippen LogP contribution in [0.15, 0.2) is 72.8 Å². The van der Waals surface area contributed by atoms with Crippen molar-refractivity contribution in [2.45, 2.75) is 12.5 Å². The number of aliphatic carboxylic acids is 1. The number of rotatable bonds is 6. The Bertz CT molecular complexity index is 1330. The first-order valence-electron chi connectivity index (χ1n) is 9.72. The number of amides is 1. The minimum atomic E-state index is -1.37. The van der Waals surface area contributed by atoms with Gasteiger partial charge in [-0.15, -0.1) is 0 Å². The van der Waals surface area contributed by atoms with E-state index in [9.17, 15) is 29.2 Å². The number of nitro groups is 1. The van der Waals surface area contributed by atoms with Crippen molar-refractivity contribution in [3.05, 3.63) is 99.9 Å². The van der Waals surface area contributed by atoms with Gasteiger partial charge in [0.05, 0.1) is 10.5 Å². The van der Waals surface area contributed by atoms with Crippen molar-refractivity contribution in [3.63, 3.8) is 0 Å². The summed E-state index contributed by atoms with van der Waals surface area (Å²) in [5.74, 6) is -2.91. The second-order valence-electron chi connectivity index (χ2n) is 7.31. The van der Waals surface area contributed by atoms with Gasteiger partial charge in [0.2, 0.25) is 5.82 Å². The molecule has 0 aliphatic heterocycles. The summed E-state index contributed by atoms with van der Waals surface area (Å²) in [6.45, 7) is 0. The van der Waals surface area contributed by atoms with E-state index in [0.29, 0.717) is 16.3 Å². The van der Waals surface area contributed by atoms with Crippen LogP contribution in [0.1, 0.15) is 15.9 Å². The van der Waals surface area contributed by atoms with Crippen molar-refractivity contribution in [2.24, 2.45) is 0 Å². The third-order valence-electron chi connectivity index (χ3n) is 5.25. The normalized spacial score (nSPS) is 11.9. The number of hydrogen-bond donors (Lipinski definition) is 2. The van der Waals surface area contributed by atoms with Crippen molar-refractivity contribution < 1.29 is 24.0 Å². The van der Waals surface area contributed by atoms with E-state index >= 15 is 0 Å². The molecule has 4 rings (SSSR count). The van der Waals surface area contributed by atoms with Crippen LogP contribution in [0.25, 0.3) is 21.5 Å². The first kappa shape index (κ1) is 20.9. The van der Waals surface area contributed by atoms with Gasteiger partial charge >= 0.3 is 11.7 Å². The van der Waals surface area contributed by atoms with Crippen LogP contribution in [0.2, 0.25) is 0 Å². The second-order valence-corrected chi connectivity index (χ2v) is 7.31. The zero-order valence-electron chi connectivity index (χ0n) is 16.6. The number of carboxylic acids is 1. The van der Waals surface area contributed by atoms with Gasteiger partial charge in [-0.3, -0.25) is 14.9 Å². The lowest BCUT2D eigenvalue weighted by atomic mass is 9.95. The zero-order valence-corrected chi connectivity index (χ0v) is 16.6. The molecule has 7 nitrogen and oxygen atoms in total. The summed E-state index contributed by atoms with van der Waals surface area (Å²) in [4.78, 5) is 35.2. The smallest absolute Gasteiger partial charge is 0.326 e. The molecule has 0 unspecified atom stereocenters. The molecule has 0 spiro atoms. The summed E-state index contributed by atoms with van der Waals surface area (Å²) >= 11 is 0. The van der Waals surface area contributed by atoms with Crippen molar-refractivity contribution in [3.8, 4) is 0 Å². The van der Waals surface area contributed by atoms with E-state index in [1.165, 1.54) is 6.07 Å². The van der Waals surface area contributed by atoms with Crippen LogP contribution >= 0.6 is 0 Å². The van der Waals surface area contributed by atoms with Crippen LogP contribution < -0.4 is 5.32 Å².